The topological polar surface area (TPSA) is 78.1 Å². The number of benzene rings is 1. The third kappa shape index (κ3) is 1.77. The molecule has 0 saturated heterocycles. The van der Waals surface area contributed by atoms with Crippen molar-refractivity contribution in [3.63, 3.8) is 0 Å². The summed E-state index contributed by atoms with van der Waals surface area (Å²) in [7, 11) is 0. The average molecular weight is 191 g/mol. The van der Waals surface area contributed by atoms with Crippen molar-refractivity contribution in [2.75, 3.05) is 17.2 Å². The Morgan fingerprint density at radius 3 is 1.62 bits per heavy atom. The molecule has 0 aliphatic carbocycles. The predicted molar refractivity (Wildman–Crippen MR) is 44.7 cm³/mol. The Bertz CT molecular complexity index is 309. The first-order valence-electron chi connectivity index (χ1n) is 3.34. The number of hydrogen-bond donors (Lipinski definition) is 3. The molecule has 0 fully saturated rings. The average Bonchev–Trinajstić information content (AvgIpc) is 1.97. The number of rotatable bonds is 0. The number of alkyl halides is 3. The SMILES string of the molecule is Nc1cc(C(F)(F)F)cc(N)c1N. The summed E-state index contributed by atoms with van der Waals surface area (Å²) in [5.41, 5.74) is 14.5. The fourth-order valence-electron chi connectivity index (χ4n) is 0.863. The van der Waals surface area contributed by atoms with Gasteiger partial charge in [0.25, 0.3) is 0 Å². The number of halogens is 3. The summed E-state index contributed by atoms with van der Waals surface area (Å²) >= 11 is 0. The Morgan fingerprint density at radius 2 is 1.31 bits per heavy atom. The highest BCUT2D eigenvalue weighted by molar-refractivity contribution is 5.78. The molecule has 0 radical (unpaired) electrons. The van der Waals surface area contributed by atoms with Crippen LogP contribution in [-0.2, 0) is 6.18 Å². The van der Waals surface area contributed by atoms with Crippen molar-refractivity contribution in [2.24, 2.45) is 0 Å². The summed E-state index contributed by atoms with van der Waals surface area (Å²) in [5, 5.41) is 0. The van der Waals surface area contributed by atoms with E-state index in [0.29, 0.717) is 0 Å². The Hall–Kier alpha value is -1.59. The van der Waals surface area contributed by atoms with E-state index in [9.17, 15) is 13.2 Å². The fraction of sp³-hybridized carbons (Fsp3) is 0.143. The van der Waals surface area contributed by atoms with Crippen molar-refractivity contribution in [3.8, 4) is 0 Å². The minimum atomic E-state index is -4.45. The Kier molecular flexibility index (Phi) is 1.99. The van der Waals surface area contributed by atoms with E-state index in [1.54, 1.807) is 0 Å². The third-order valence-corrected chi connectivity index (χ3v) is 1.57. The molecule has 1 aromatic rings. The van der Waals surface area contributed by atoms with E-state index in [1.165, 1.54) is 0 Å². The summed E-state index contributed by atoms with van der Waals surface area (Å²) in [5.74, 6) is 0. The summed E-state index contributed by atoms with van der Waals surface area (Å²) in [6.07, 6.45) is -4.45. The lowest BCUT2D eigenvalue weighted by Crippen LogP contribution is -2.09. The standard InChI is InChI=1S/C7H8F3N3/c8-7(9,10)3-1-4(11)6(13)5(12)2-3/h1-2H,11-13H2. The summed E-state index contributed by atoms with van der Waals surface area (Å²) in [6.45, 7) is 0. The second-order valence-electron chi connectivity index (χ2n) is 2.57. The number of nitrogens with two attached hydrogens (primary N) is 3. The van der Waals surface area contributed by atoms with Gasteiger partial charge in [0.15, 0.2) is 0 Å². The predicted octanol–water partition coefficient (Wildman–Crippen LogP) is 1.45. The van der Waals surface area contributed by atoms with Crippen LogP contribution in [0.2, 0.25) is 0 Å². The molecule has 0 amide bonds. The van der Waals surface area contributed by atoms with Gasteiger partial charge in [0, 0.05) is 0 Å². The van der Waals surface area contributed by atoms with Crippen LogP contribution in [0.1, 0.15) is 5.56 Å². The van der Waals surface area contributed by atoms with Gasteiger partial charge in [-0.25, -0.2) is 0 Å². The van der Waals surface area contributed by atoms with E-state index in [4.69, 9.17) is 17.2 Å². The van der Waals surface area contributed by atoms with E-state index in [1.807, 2.05) is 0 Å². The van der Waals surface area contributed by atoms with Gasteiger partial charge in [-0.1, -0.05) is 0 Å². The monoisotopic (exact) mass is 191 g/mol. The third-order valence-electron chi connectivity index (χ3n) is 1.57. The van der Waals surface area contributed by atoms with Crippen LogP contribution in [0, 0.1) is 0 Å². The van der Waals surface area contributed by atoms with Crippen LogP contribution in [0.4, 0.5) is 30.2 Å². The second-order valence-corrected chi connectivity index (χ2v) is 2.57. The molecule has 1 aromatic carbocycles. The normalized spacial score (nSPS) is 11.6. The summed E-state index contributed by atoms with van der Waals surface area (Å²) in [4.78, 5) is 0. The molecule has 72 valence electrons. The van der Waals surface area contributed by atoms with Gasteiger partial charge in [-0.3, -0.25) is 0 Å². The Labute approximate surface area is 72.3 Å². The van der Waals surface area contributed by atoms with Gasteiger partial charge >= 0.3 is 6.18 Å². The maximum atomic E-state index is 12.1. The summed E-state index contributed by atoms with van der Waals surface area (Å²) < 4.78 is 36.4. The summed E-state index contributed by atoms with van der Waals surface area (Å²) in [6, 6.07) is 1.51. The van der Waals surface area contributed by atoms with E-state index >= 15 is 0 Å². The van der Waals surface area contributed by atoms with Crippen molar-refractivity contribution in [1.82, 2.24) is 0 Å². The highest BCUT2D eigenvalue weighted by Gasteiger charge is 2.31. The van der Waals surface area contributed by atoms with Gasteiger partial charge in [-0.2, -0.15) is 13.2 Å². The molecule has 0 aliphatic heterocycles. The number of anilines is 3. The van der Waals surface area contributed by atoms with E-state index in [2.05, 4.69) is 0 Å². The zero-order valence-electron chi connectivity index (χ0n) is 6.52. The van der Waals surface area contributed by atoms with Crippen molar-refractivity contribution < 1.29 is 13.2 Å². The van der Waals surface area contributed by atoms with Crippen molar-refractivity contribution >= 4 is 17.1 Å². The molecule has 3 nitrogen and oxygen atoms in total. The first-order chi connectivity index (χ1) is 5.82. The van der Waals surface area contributed by atoms with Gasteiger partial charge in [0.1, 0.15) is 0 Å². The minimum absolute atomic E-state index is 0.0204. The van der Waals surface area contributed by atoms with Crippen molar-refractivity contribution in [1.29, 1.82) is 0 Å². The zero-order valence-corrected chi connectivity index (χ0v) is 6.52. The lowest BCUT2D eigenvalue weighted by Gasteiger charge is -2.10. The first-order valence-corrected chi connectivity index (χ1v) is 3.34. The molecular formula is C7H8F3N3. The lowest BCUT2D eigenvalue weighted by atomic mass is 10.1. The molecule has 0 bridgehead atoms. The van der Waals surface area contributed by atoms with Gasteiger partial charge in [0.05, 0.1) is 22.6 Å². The highest BCUT2D eigenvalue weighted by Crippen LogP contribution is 2.34. The molecule has 1 rings (SSSR count). The first kappa shape index (κ1) is 9.50. The molecule has 0 heterocycles. The molecule has 6 N–H and O–H groups in total. The molecule has 0 aliphatic rings. The lowest BCUT2D eigenvalue weighted by molar-refractivity contribution is -0.137. The minimum Gasteiger partial charge on any atom is -0.397 e. The molecular weight excluding hydrogens is 183 g/mol. The highest BCUT2D eigenvalue weighted by atomic mass is 19.4. The van der Waals surface area contributed by atoms with E-state index in [-0.39, 0.29) is 17.1 Å². The molecule has 0 unspecified atom stereocenters. The van der Waals surface area contributed by atoms with Gasteiger partial charge in [-0.05, 0) is 12.1 Å². The van der Waals surface area contributed by atoms with Gasteiger partial charge in [-0.15, -0.1) is 0 Å². The Balaban J connectivity index is 3.29. The molecule has 0 spiro atoms. The van der Waals surface area contributed by atoms with Crippen LogP contribution < -0.4 is 17.2 Å². The fourth-order valence-corrected chi connectivity index (χ4v) is 0.863. The zero-order chi connectivity index (χ0) is 10.2. The molecule has 0 atom stereocenters. The molecule has 0 aromatic heterocycles. The van der Waals surface area contributed by atoms with Crippen LogP contribution in [-0.4, -0.2) is 0 Å². The number of nitrogen functional groups attached to an aromatic ring is 3. The van der Waals surface area contributed by atoms with Gasteiger partial charge < -0.3 is 17.2 Å². The molecule has 0 saturated carbocycles. The van der Waals surface area contributed by atoms with Crippen LogP contribution in [0.25, 0.3) is 0 Å². The quantitative estimate of drug-likeness (QED) is 0.543. The maximum Gasteiger partial charge on any atom is 0.416 e. The van der Waals surface area contributed by atoms with E-state index < -0.39 is 11.7 Å². The van der Waals surface area contributed by atoms with Crippen molar-refractivity contribution in [3.05, 3.63) is 17.7 Å². The molecule has 13 heavy (non-hydrogen) atoms. The van der Waals surface area contributed by atoms with Crippen molar-refractivity contribution in [2.45, 2.75) is 6.18 Å². The number of hydrogen-bond acceptors (Lipinski definition) is 3. The second kappa shape index (κ2) is 2.72. The van der Waals surface area contributed by atoms with Gasteiger partial charge in [0.2, 0.25) is 0 Å². The van der Waals surface area contributed by atoms with Crippen LogP contribution in [0.5, 0.6) is 0 Å². The van der Waals surface area contributed by atoms with E-state index in [0.717, 1.165) is 12.1 Å². The molecule has 6 heteroatoms. The maximum absolute atomic E-state index is 12.1. The van der Waals surface area contributed by atoms with Crippen LogP contribution in [0.3, 0.4) is 0 Å². The van der Waals surface area contributed by atoms with Crippen LogP contribution >= 0.6 is 0 Å². The Morgan fingerprint density at radius 1 is 0.923 bits per heavy atom. The largest absolute Gasteiger partial charge is 0.416 e. The van der Waals surface area contributed by atoms with Crippen LogP contribution in [0.15, 0.2) is 12.1 Å². The smallest absolute Gasteiger partial charge is 0.397 e.